The van der Waals surface area contributed by atoms with Crippen molar-refractivity contribution in [1.29, 1.82) is 0 Å². The molecule has 0 atom stereocenters. The van der Waals surface area contributed by atoms with Gasteiger partial charge in [-0.3, -0.25) is 4.90 Å². The summed E-state index contributed by atoms with van der Waals surface area (Å²) in [7, 11) is 0. The summed E-state index contributed by atoms with van der Waals surface area (Å²) in [6, 6.07) is 13.6. The zero-order valence-corrected chi connectivity index (χ0v) is 12.4. The third-order valence-corrected chi connectivity index (χ3v) is 4.42. The number of aliphatic hydroxyl groups is 1. The second-order valence-corrected chi connectivity index (χ2v) is 6.19. The summed E-state index contributed by atoms with van der Waals surface area (Å²) in [4.78, 5) is 14.9. The minimum Gasteiger partial charge on any atom is -0.444 e. The van der Waals surface area contributed by atoms with Gasteiger partial charge < -0.3 is 9.84 Å². The molecule has 1 N–H and O–H groups in total. The SMILES string of the molecule is O=C(OCc1ccccc1)N(c1ccc(CO)s1)C1CC1. The number of carbonyl (C=O) groups excluding carboxylic acids is 1. The molecule has 3 rings (SSSR count). The molecule has 4 nitrogen and oxygen atoms in total. The molecule has 0 spiro atoms. The molecular weight excluding hydrogens is 286 g/mol. The van der Waals surface area contributed by atoms with E-state index >= 15 is 0 Å². The number of hydrogen-bond donors (Lipinski definition) is 1. The molecule has 1 aliphatic rings. The van der Waals surface area contributed by atoms with Crippen molar-refractivity contribution >= 4 is 22.4 Å². The summed E-state index contributed by atoms with van der Waals surface area (Å²) in [5, 5.41) is 10.0. The smallest absolute Gasteiger partial charge is 0.415 e. The van der Waals surface area contributed by atoms with Crippen molar-refractivity contribution in [2.24, 2.45) is 0 Å². The van der Waals surface area contributed by atoms with Crippen LogP contribution >= 0.6 is 11.3 Å². The molecule has 0 unspecified atom stereocenters. The first-order valence-electron chi connectivity index (χ1n) is 6.97. The maximum absolute atomic E-state index is 12.3. The molecule has 0 saturated heterocycles. The molecule has 0 aliphatic heterocycles. The van der Waals surface area contributed by atoms with E-state index in [4.69, 9.17) is 9.84 Å². The quantitative estimate of drug-likeness (QED) is 0.919. The normalized spacial score (nSPS) is 14.0. The van der Waals surface area contributed by atoms with Gasteiger partial charge in [-0.15, -0.1) is 11.3 Å². The van der Waals surface area contributed by atoms with Crippen LogP contribution in [0.1, 0.15) is 23.3 Å². The van der Waals surface area contributed by atoms with E-state index in [1.54, 1.807) is 4.90 Å². The minimum absolute atomic E-state index is 0.00222. The van der Waals surface area contributed by atoms with Crippen molar-refractivity contribution in [2.45, 2.75) is 32.1 Å². The van der Waals surface area contributed by atoms with Gasteiger partial charge in [0.15, 0.2) is 0 Å². The molecule has 1 aromatic carbocycles. The zero-order valence-electron chi connectivity index (χ0n) is 11.6. The summed E-state index contributed by atoms with van der Waals surface area (Å²) in [6.45, 7) is 0.281. The molecule has 1 saturated carbocycles. The number of rotatable bonds is 5. The van der Waals surface area contributed by atoms with E-state index in [1.165, 1.54) is 11.3 Å². The van der Waals surface area contributed by atoms with E-state index in [-0.39, 0.29) is 25.3 Å². The molecule has 2 aromatic rings. The third-order valence-electron chi connectivity index (χ3n) is 3.35. The molecule has 1 aliphatic carbocycles. The Morgan fingerprint density at radius 3 is 2.62 bits per heavy atom. The standard InChI is InChI=1S/C16H17NO3S/c18-10-14-8-9-15(21-14)17(13-6-7-13)16(19)20-11-12-4-2-1-3-5-12/h1-5,8-9,13,18H,6-7,10-11H2. The van der Waals surface area contributed by atoms with Gasteiger partial charge in [0.2, 0.25) is 0 Å². The Hall–Kier alpha value is -1.85. The highest BCUT2D eigenvalue weighted by Gasteiger charge is 2.35. The zero-order chi connectivity index (χ0) is 14.7. The first-order valence-corrected chi connectivity index (χ1v) is 7.79. The summed E-state index contributed by atoms with van der Waals surface area (Å²) in [5.41, 5.74) is 0.976. The molecule has 0 radical (unpaired) electrons. The summed E-state index contributed by atoms with van der Waals surface area (Å²) >= 11 is 1.43. The van der Waals surface area contributed by atoms with Gasteiger partial charge in [-0.05, 0) is 30.5 Å². The fourth-order valence-corrected chi connectivity index (χ4v) is 3.05. The van der Waals surface area contributed by atoms with Crippen LogP contribution in [-0.4, -0.2) is 17.2 Å². The fourth-order valence-electron chi connectivity index (χ4n) is 2.12. The molecule has 1 heterocycles. The Morgan fingerprint density at radius 2 is 2.00 bits per heavy atom. The third kappa shape index (κ3) is 3.43. The van der Waals surface area contributed by atoms with Crippen LogP contribution in [0.3, 0.4) is 0 Å². The van der Waals surface area contributed by atoms with Crippen LogP contribution in [0.25, 0.3) is 0 Å². The summed E-state index contributed by atoms with van der Waals surface area (Å²) in [5.74, 6) is 0. The van der Waals surface area contributed by atoms with Crippen LogP contribution in [0.2, 0.25) is 0 Å². The van der Waals surface area contributed by atoms with E-state index in [0.29, 0.717) is 0 Å². The van der Waals surface area contributed by atoms with Crippen LogP contribution in [0.5, 0.6) is 0 Å². The highest BCUT2D eigenvalue weighted by molar-refractivity contribution is 7.16. The lowest BCUT2D eigenvalue weighted by atomic mass is 10.2. The lowest BCUT2D eigenvalue weighted by Crippen LogP contribution is -2.32. The van der Waals surface area contributed by atoms with Crippen LogP contribution < -0.4 is 4.90 Å². The second kappa shape index (κ2) is 6.28. The average Bonchev–Trinajstić information content (AvgIpc) is 3.23. The largest absolute Gasteiger partial charge is 0.444 e. The maximum Gasteiger partial charge on any atom is 0.415 e. The van der Waals surface area contributed by atoms with Crippen LogP contribution in [0.15, 0.2) is 42.5 Å². The first kappa shape index (κ1) is 14.1. The van der Waals surface area contributed by atoms with Crippen molar-refractivity contribution in [3.8, 4) is 0 Å². The highest BCUT2D eigenvalue weighted by Crippen LogP contribution is 2.36. The topological polar surface area (TPSA) is 49.8 Å². The number of aliphatic hydroxyl groups excluding tert-OH is 1. The van der Waals surface area contributed by atoms with Gasteiger partial charge in [0, 0.05) is 10.9 Å². The molecule has 1 aromatic heterocycles. The number of anilines is 1. The highest BCUT2D eigenvalue weighted by atomic mass is 32.1. The van der Waals surface area contributed by atoms with Gasteiger partial charge in [-0.1, -0.05) is 30.3 Å². The predicted molar refractivity (Wildman–Crippen MR) is 82.4 cm³/mol. The molecule has 1 fully saturated rings. The number of ether oxygens (including phenoxy) is 1. The molecule has 1 amide bonds. The van der Waals surface area contributed by atoms with E-state index in [0.717, 1.165) is 28.3 Å². The summed E-state index contributed by atoms with van der Waals surface area (Å²) in [6.07, 6.45) is 1.70. The van der Waals surface area contributed by atoms with Crippen molar-refractivity contribution in [2.75, 3.05) is 4.90 Å². The Labute approximate surface area is 127 Å². The molecular formula is C16H17NO3S. The van der Waals surface area contributed by atoms with E-state index in [1.807, 2.05) is 42.5 Å². The lowest BCUT2D eigenvalue weighted by Gasteiger charge is -2.20. The number of thiophene rings is 1. The minimum atomic E-state index is -0.312. The van der Waals surface area contributed by atoms with E-state index < -0.39 is 0 Å². The summed E-state index contributed by atoms with van der Waals surface area (Å²) < 4.78 is 5.42. The van der Waals surface area contributed by atoms with Crippen LogP contribution in [-0.2, 0) is 18.0 Å². The number of carbonyl (C=O) groups is 1. The van der Waals surface area contributed by atoms with Gasteiger partial charge >= 0.3 is 6.09 Å². The molecule has 110 valence electrons. The van der Waals surface area contributed by atoms with Gasteiger partial charge in [-0.25, -0.2) is 4.79 Å². The maximum atomic E-state index is 12.3. The van der Waals surface area contributed by atoms with Crippen molar-refractivity contribution in [3.63, 3.8) is 0 Å². The van der Waals surface area contributed by atoms with Gasteiger partial charge in [0.05, 0.1) is 6.61 Å². The number of hydrogen-bond acceptors (Lipinski definition) is 4. The van der Waals surface area contributed by atoms with Crippen molar-refractivity contribution in [1.82, 2.24) is 0 Å². The first-order chi connectivity index (χ1) is 10.3. The number of nitrogens with zero attached hydrogens (tertiary/aromatic N) is 1. The monoisotopic (exact) mass is 303 g/mol. The van der Waals surface area contributed by atoms with Crippen LogP contribution in [0.4, 0.5) is 9.80 Å². The van der Waals surface area contributed by atoms with Gasteiger partial charge in [0.1, 0.15) is 11.6 Å². The van der Waals surface area contributed by atoms with E-state index in [2.05, 4.69) is 0 Å². The lowest BCUT2D eigenvalue weighted by molar-refractivity contribution is 0.147. The van der Waals surface area contributed by atoms with Gasteiger partial charge in [-0.2, -0.15) is 0 Å². The Balaban J connectivity index is 1.67. The predicted octanol–water partition coefficient (Wildman–Crippen LogP) is 3.55. The Kier molecular flexibility index (Phi) is 4.22. The number of benzene rings is 1. The van der Waals surface area contributed by atoms with Crippen molar-refractivity contribution in [3.05, 3.63) is 52.9 Å². The fraction of sp³-hybridized carbons (Fsp3) is 0.312. The second-order valence-electron chi connectivity index (χ2n) is 5.04. The van der Waals surface area contributed by atoms with Crippen LogP contribution in [0, 0.1) is 0 Å². The Bertz CT molecular complexity index is 607. The van der Waals surface area contributed by atoms with E-state index in [9.17, 15) is 4.79 Å². The number of amides is 1. The van der Waals surface area contributed by atoms with Gasteiger partial charge in [0.25, 0.3) is 0 Å². The average molecular weight is 303 g/mol. The Morgan fingerprint density at radius 1 is 1.24 bits per heavy atom. The molecule has 0 bridgehead atoms. The molecule has 5 heteroatoms. The van der Waals surface area contributed by atoms with Crippen molar-refractivity contribution < 1.29 is 14.6 Å². The molecule has 21 heavy (non-hydrogen) atoms.